The summed E-state index contributed by atoms with van der Waals surface area (Å²) in [5.74, 6) is -0.472. The topological polar surface area (TPSA) is 48.5 Å². The monoisotopic (exact) mass is 362 g/mol. The molecule has 1 aliphatic heterocycles. The van der Waals surface area contributed by atoms with E-state index in [0.29, 0.717) is 18.1 Å². The normalized spacial score (nSPS) is 15.2. The summed E-state index contributed by atoms with van der Waals surface area (Å²) in [5, 5.41) is 3.60. The summed E-state index contributed by atoms with van der Waals surface area (Å²) < 4.78 is 13.2. The van der Waals surface area contributed by atoms with Gasteiger partial charge in [-0.3, -0.25) is 9.69 Å². The van der Waals surface area contributed by atoms with Crippen molar-refractivity contribution in [1.29, 1.82) is 0 Å². The number of nitrogens with zero attached hydrogens (tertiary/aromatic N) is 3. The van der Waals surface area contributed by atoms with Crippen LogP contribution in [-0.2, 0) is 11.3 Å². The van der Waals surface area contributed by atoms with Gasteiger partial charge in [0.1, 0.15) is 0 Å². The number of pyridine rings is 1. The zero-order valence-corrected chi connectivity index (χ0v) is 14.5. The number of carbonyl (C=O) groups is 1. The largest absolute Gasteiger partial charge is 0.369 e. The van der Waals surface area contributed by atoms with Crippen molar-refractivity contribution in [2.75, 3.05) is 37.6 Å². The number of hydrogen-bond acceptors (Lipinski definition) is 4. The molecule has 1 aromatic heterocycles. The number of benzene rings is 1. The van der Waals surface area contributed by atoms with Gasteiger partial charge in [-0.2, -0.15) is 4.39 Å². The summed E-state index contributed by atoms with van der Waals surface area (Å²) in [6.45, 7) is 3.90. The number of aromatic nitrogens is 1. The van der Waals surface area contributed by atoms with E-state index in [1.807, 2.05) is 24.3 Å². The Kier molecular flexibility index (Phi) is 5.83. The fourth-order valence-corrected chi connectivity index (χ4v) is 2.94. The Morgan fingerprint density at radius 2 is 1.88 bits per heavy atom. The number of carbonyl (C=O) groups excluding carboxylic acids is 1. The first-order chi connectivity index (χ1) is 12.1. The first-order valence-corrected chi connectivity index (χ1v) is 8.58. The van der Waals surface area contributed by atoms with Gasteiger partial charge in [-0.25, -0.2) is 4.98 Å². The molecule has 132 valence electrons. The first-order valence-electron chi connectivity index (χ1n) is 8.20. The molecule has 1 aliphatic rings. The number of nitrogens with one attached hydrogen (secondary N) is 1. The van der Waals surface area contributed by atoms with Crippen LogP contribution >= 0.6 is 11.6 Å². The van der Waals surface area contributed by atoms with E-state index in [-0.39, 0.29) is 5.91 Å². The second-order valence-corrected chi connectivity index (χ2v) is 6.44. The molecule has 0 saturated carbocycles. The third-order valence-corrected chi connectivity index (χ3v) is 4.47. The van der Waals surface area contributed by atoms with Gasteiger partial charge in [0, 0.05) is 55.7 Å². The molecule has 0 unspecified atom stereocenters. The lowest BCUT2D eigenvalue weighted by molar-refractivity contribution is -0.122. The molecule has 3 rings (SSSR count). The maximum Gasteiger partial charge on any atom is 0.234 e. The third-order valence-electron chi connectivity index (χ3n) is 4.22. The molecule has 0 atom stereocenters. The zero-order valence-electron chi connectivity index (χ0n) is 13.8. The Morgan fingerprint density at radius 3 is 2.56 bits per heavy atom. The molecule has 1 N–H and O–H groups in total. The third kappa shape index (κ3) is 5.14. The van der Waals surface area contributed by atoms with Crippen molar-refractivity contribution in [3.63, 3.8) is 0 Å². The molecule has 0 aliphatic carbocycles. The second-order valence-electron chi connectivity index (χ2n) is 6.00. The number of anilines is 1. The molecule has 2 heterocycles. The van der Waals surface area contributed by atoms with Gasteiger partial charge in [0.25, 0.3) is 0 Å². The predicted octanol–water partition coefficient (Wildman–Crippen LogP) is 2.31. The van der Waals surface area contributed by atoms with Crippen LogP contribution in [0.1, 0.15) is 5.56 Å². The average molecular weight is 363 g/mol. The minimum Gasteiger partial charge on any atom is -0.369 e. The van der Waals surface area contributed by atoms with Crippen LogP contribution in [0.25, 0.3) is 0 Å². The summed E-state index contributed by atoms with van der Waals surface area (Å²) in [4.78, 5) is 19.9. The highest BCUT2D eigenvalue weighted by molar-refractivity contribution is 6.30. The molecule has 1 aromatic carbocycles. The molecule has 0 bridgehead atoms. The van der Waals surface area contributed by atoms with E-state index in [0.717, 1.165) is 37.4 Å². The number of rotatable bonds is 5. The predicted molar refractivity (Wildman–Crippen MR) is 96.1 cm³/mol. The van der Waals surface area contributed by atoms with Crippen molar-refractivity contribution in [3.05, 3.63) is 59.1 Å². The zero-order chi connectivity index (χ0) is 17.6. The van der Waals surface area contributed by atoms with Crippen LogP contribution in [0.4, 0.5) is 10.1 Å². The Morgan fingerprint density at radius 1 is 1.16 bits per heavy atom. The van der Waals surface area contributed by atoms with Crippen LogP contribution in [0.5, 0.6) is 0 Å². The van der Waals surface area contributed by atoms with Crippen molar-refractivity contribution in [3.8, 4) is 0 Å². The van der Waals surface area contributed by atoms with Crippen LogP contribution < -0.4 is 10.2 Å². The summed E-state index contributed by atoms with van der Waals surface area (Å²) in [6, 6.07) is 10.7. The highest BCUT2D eigenvalue weighted by atomic mass is 35.5. The van der Waals surface area contributed by atoms with E-state index in [9.17, 15) is 9.18 Å². The molecular formula is C18H20ClFN4O. The van der Waals surface area contributed by atoms with E-state index in [1.165, 1.54) is 12.3 Å². The summed E-state index contributed by atoms with van der Waals surface area (Å²) in [6.07, 6.45) is 1.47. The highest BCUT2D eigenvalue weighted by Crippen LogP contribution is 2.16. The Bertz CT molecular complexity index is 717. The molecule has 0 radical (unpaired) electrons. The Hall–Kier alpha value is -2.18. The lowest BCUT2D eigenvalue weighted by Crippen LogP contribution is -2.49. The van der Waals surface area contributed by atoms with E-state index < -0.39 is 5.95 Å². The van der Waals surface area contributed by atoms with Gasteiger partial charge in [-0.05, 0) is 23.8 Å². The van der Waals surface area contributed by atoms with Crippen LogP contribution in [0, 0.1) is 5.95 Å². The van der Waals surface area contributed by atoms with Gasteiger partial charge in [0.05, 0.1) is 6.54 Å². The SMILES string of the molecule is O=C(CN1CCN(c2ccnc(F)c2)CC1)NCc1ccc(Cl)cc1. The maximum atomic E-state index is 13.2. The summed E-state index contributed by atoms with van der Waals surface area (Å²) in [5.41, 5.74) is 1.85. The van der Waals surface area contributed by atoms with E-state index in [1.54, 1.807) is 6.07 Å². The van der Waals surface area contributed by atoms with Crippen molar-refractivity contribution in [1.82, 2.24) is 15.2 Å². The number of halogens is 2. The summed E-state index contributed by atoms with van der Waals surface area (Å²) in [7, 11) is 0. The lowest BCUT2D eigenvalue weighted by Gasteiger charge is -2.35. The van der Waals surface area contributed by atoms with Gasteiger partial charge in [0.2, 0.25) is 11.9 Å². The van der Waals surface area contributed by atoms with Crippen molar-refractivity contribution >= 4 is 23.2 Å². The van der Waals surface area contributed by atoms with Crippen molar-refractivity contribution in [2.24, 2.45) is 0 Å². The number of amides is 1. The van der Waals surface area contributed by atoms with Crippen LogP contribution in [0.15, 0.2) is 42.6 Å². The first kappa shape index (κ1) is 17.6. The van der Waals surface area contributed by atoms with Crippen molar-refractivity contribution < 1.29 is 9.18 Å². The quantitative estimate of drug-likeness (QED) is 0.829. The average Bonchev–Trinajstić information content (AvgIpc) is 2.62. The van der Waals surface area contributed by atoms with Gasteiger partial charge in [0.15, 0.2) is 0 Å². The fourth-order valence-electron chi connectivity index (χ4n) is 2.82. The number of hydrogen-bond donors (Lipinski definition) is 1. The molecule has 2 aromatic rings. The van der Waals surface area contributed by atoms with Gasteiger partial charge < -0.3 is 10.2 Å². The number of piperazine rings is 1. The fraction of sp³-hybridized carbons (Fsp3) is 0.333. The Balaban J connectivity index is 1.42. The van der Waals surface area contributed by atoms with Crippen LogP contribution in [-0.4, -0.2) is 48.5 Å². The minimum absolute atomic E-state index is 0.00152. The van der Waals surface area contributed by atoms with E-state index in [4.69, 9.17) is 11.6 Å². The molecule has 7 heteroatoms. The smallest absolute Gasteiger partial charge is 0.234 e. The highest BCUT2D eigenvalue weighted by Gasteiger charge is 2.19. The van der Waals surface area contributed by atoms with Crippen molar-refractivity contribution in [2.45, 2.75) is 6.54 Å². The Labute approximate surface area is 151 Å². The molecular weight excluding hydrogens is 343 g/mol. The second kappa shape index (κ2) is 8.27. The van der Waals surface area contributed by atoms with Gasteiger partial charge in [-0.1, -0.05) is 23.7 Å². The molecule has 1 saturated heterocycles. The lowest BCUT2D eigenvalue weighted by atomic mass is 10.2. The summed E-state index contributed by atoms with van der Waals surface area (Å²) >= 11 is 5.85. The van der Waals surface area contributed by atoms with E-state index >= 15 is 0 Å². The minimum atomic E-state index is -0.471. The maximum absolute atomic E-state index is 13.2. The van der Waals surface area contributed by atoms with Crippen LogP contribution in [0.2, 0.25) is 5.02 Å². The molecule has 25 heavy (non-hydrogen) atoms. The van der Waals surface area contributed by atoms with E-state index in [2.05, 4.69) is 20.1 Å². The van der Waals surface area contributed by atoms with Gasteiger partial charge >= 0.3 is 0 Å². The molecule has 5 nitrogen and oxygen atoms in total. The van der Waals surface area contributed by atoms with Crippen LogP contribution in [0.3, 0.4) is 0 Å². The molecule has 1 amide bonds. The molecule has 0 spiro atoms. The molecule has 1 fully saturated rings. The standard InChI is InChI=1S/C18H20ClFN4O/c19-15-3-1-14(2-4-15)12-22-18(25)13-23-7-9-24(10-8-23)16-5-6-21-17(20)11-16/h1-6,11H,7-10,12-13H2,(H,22,25). The van der Waals surface area contributed by atoms with Gasteiger partial charge in [-0.15, -0.1) is 0 Å².